The van der Waals surface area contributed by atoms with Crippen LogP contribution in [0.15, 0.2) is 48.5 Å². The first-order valence-corrected chi connectivity index (χ1v) is 12.6. The van der Waals surface area contributed by atoms with Crippen LogP contribution in [0.25, 0.3) is 0 Å². The number of imide groups is 1. The zero-order valence-electron chi connectivity index (χ0n) is 20.5. The Bertz CT molecular complexity index is 1140. The molecule has 2 atom stereocenters. The number of nitrogens with one attached hydrogen (secondary N) is 2. The van der Waals surface area contributed by atoms with Gasteiger partial charge in [0.1, 0.15) is 5.54 Å². The van der Waals surface area contributed by atoms with Crippen LogP contribution < -0.4 is 20.2 Å². The molecule has 2 fully saturated rings. The van der Waals surface area contributed by atoms with Crippen molar-refractivity contribution in [2.75, 3.05) is 26.3 Å². The summed E-state index contributed by atoms with van der Waals surface area (Å²) >= 11 is 0. The molecule has 4 amide bonds. The molecular weight excluding hydrogens is 460 g/mol. The monoisotopic (exact) mass is 492 g/mol. The molecule has 2 unspecified atom stereocenters. The molecule has 3 heterocycles. The van der Waals surface area contributed by atoms with Crippen molar-refractivity contribution in [1.82, 2.24) is 20.7 Å². The van der Waals surface area contributed by atoms with E-state index in [1.54, 1.807) is 6.92 Å². The van der Waals surface area contributed by atoms with Crippen molar-refractivity contribution < 1.29 is 23.9 Å². The van der Waals surface area contributed by atoms with Gasteiger partial charge in [0.15, 0.2) is 11.5 Å². The van der Waals surface area contributed by atoms with Gasteiger partial charge in [-0.3, -0.25) is 19.9 Å². The fraction of sp³-hybridized carbons (Fsp3) is 0.444. The van der Waals surface area contributed by atoms with Gasteiger partial charge < -0.3 is 14.8 Å². The number of hydrogen-bond donors (Lipinski definition) is 2. The topological polar surface area (TPSA) is 100 Å². The van der Waals surface area contributed by atoms with Gasteiger partial charge in [-0.2, -0.15) is 5.01 Å². The van der Waals surface area contributed by atoms with E-state index in [-0.39, 0.29) is 12.6 Å². The number of benzene rings is 2. The highest BCUT2D eigenvalue weighted by atomic mass is 16.5. The van der Waals surface area contributed by atoms with E-state index in [2.05, 4.69) is 15.6 Å². The molecule has 0 aromatic heterocycles. The number of carbonyl (C=O) groups is 3. The van der Waals surface area contributed by atoms with E-state index in [0.717, 1.165) is 53.4 Å². The summed E-state index contributed by atoms with van der Waals surface area (Å²) in [6, 6.07) is 15.2. The van der Waals surface area contributed by atoms with Gasteiger partial charge in [-0.1, -0.05) is 36.4 Å². The SMILES string of the molecule is CC1(CCc2ccccc2)NC(=O)N(NC(=O)CN2CCCC2c2ccc3c(c2)OCCCO3)C1=O. The van der Waals surface area contributed by atoms with Crippen molar-refractivity contribution in [3.05, 3.63) is 59.7 Å². The number of carbonyl (C=O) groups excluding carboxylic acids is 3. The van der Waals surface area contributed by atoms with E-state index in [0.29, 0.717) is 26.1 Å². The molecule has 2 aromatic rings. The van der Waals surface area contributed by atoms with Crippen LogP contribution in [0.2, 0.25) is 0 Å². The molecule has 0 radical (unpaired) electrons. The van der Waals surface area contributed by atoms with Gasteiger partial charge in [-0.25, -0.2) is 4.79 Å². The fourth-order valence-electron chi connectivity index (χ4n) is 5.12. The van der Waals surface area contributed by atoms with Gasteiger partial charge >= 0.3 is 6.03 Å². The second kappa shape index (κ2) is 10.2. The minimum absolute atomic E-state index is 0.0483. The summed E-state index contributed by atoms with van der Waals surface area (Å²) in [5, 5.41) is 3.58. The Hall–Kier alpha value is -3.59. The molecule has 0 bridgehead atoms. The average molecular weight is 493 g/mol. The normalized spacial score (nSPS) is 23.9. The molecule has 3 aliphatic heterocycles. The number of hydrogen-bond acceptors (Lipinski definition) is 6. The van der Waals surface area contributed by atoms with Gasteiger partial charge in [0, 0.05) is 12.5 Å². The average Bonchev–Trinajstić information content (AvgIpc) is 3.31. The molecule has 9 heteroatoms. The minimum Gasteiger partial charge on any atom is -0.490 e. The van der Waals surface area contributed by atoms with Crippen molar-refractivity contribution in [2.45, 2.75) is 50.6 Å². The van der Waals surface area contributed by atoms with Gasteiger partial charge in [-0.15, -0.1) is 0 Å². The zero-order valence-corrected chi connectivity index (χ0v) is 20.5. The highest BCUT2D eigenvalue weighted by Gasteiger charge is 2.48. The molecule has 3 aliphatic rings. The van der Waals surface area contributed by atoms with Crippen LogP contribution in [0.4, 0.5) is 4.79 Å². The molecule has 190 valence electrons. The van der Waals surface area contributed by atoms with Crippen LogP contribution in [-0.2, 0) is 16.0 Å². The molecule has 9 nitrogen and oxygen atoms in total. The standard InChI is InChI=1S/C27H32N4O5/c1-27(13-12-19-7-3-2-4-8-19)25(33)31(26(34)28-27)29-24(32)18-30-14-5-9-21(30)20-10-11-22-23(17-20)36-16-6-15-35-22/h2-4,7-8,10-11,17,21H,5-6,9,12-16,18H2,1H3,(H,28,34)(H,29,32). The maximum Gasteiger partial charge on any atom is 0.344 e. The fourth-order valence-corrected chi connectivity index (χ4v) is 5.12. The zero-order chi connectivity index (χ0) is 25.1. The van der Waals surface area contributed by atoms with Crippen molar-refractivity contribution >= 4 is 17.8 Å². The van der Waals surface area contributed by atoms with Crippen molar-refractivity contribution in [2.24, 2.45) is 0 Å². The number of ether oxygens (including phenoxy) is 2. The largest absolute Gasteiger partial charge is 0.490 e. The summed E-state index contributed by atoms with van der Waals surface area (Å²) in [5.41, 5.74) is 3.61. The third kappa shape index (κ3) is 5.02. The Morgan fingerprint density at radius 3 is 2.67 bits per heavy atom. The van der Waals surface area contributed by atoms with Crippen LogP contribution in [0, 0.1) is 0 Å². The lowest BCUT2D eigenvalue weighted by Crippen LogP contribution is -2.51. The molecule has 2 N–H and O–H groups in total. The minimum atomic E-state index is -1.07. The number of urea groups is 1. The number of hydrazine groups is 1. The summed E-state index contributed by atoms with van der Waals surface area (Å²) in [7, 11) is 0. The summed E-state index contributed by atoms with van der Waals surface area (Å²) < 4.78 is 11.6. The summed E-state index contributed by atoms with van der Waals surface area (Å²) in [6.07, 6.45) is 3.77. The maximum atomic E-state index is 13.1. The molecule has 5 rings (SSSR count). The number of fused-ring (bicyclic) bond motifs is 1. The molecule has 0 aliphatic carbocycles. The first-order valence-electron chi connectivity index (χ1n) is 12.6. The molecule has 2 aromatic carbocycles. The third-order valence-electron chi connectivity index (χ3n) is 7.12. The van der Waals surface area contributed by atoms with Gasteiger partial charge in [0.25, 0.3) is 11.8 Å². The number of rotatable bonds is 7. The van der Waals surface area contributed by atoms with E-state index in [4.69, 9.17) is 9.47 Å². The Kier molecular flexibility index (Phi) is 6.82. The summed E-state index contributed by atoms with van der Waals surface area (Å²) in [5.74, 6) is 0.632. The lowest BCUT2D eigenvalue weighted by Gasteiger charge is -2.26. The summed E-state index contributed by atoms with van der Waals surface area (Å²) in [4.78, 5) is 40.6. The van der Waals surface area contributed by atoms with Crippen LogP contribution in [0.3, 0.4) is 0 Å². The third-order valence-corrected chi connectivity index (χ3v) is 7.12. The van der Waals surface area contributed by atoms with E-state index in [1.807, 2.05) is 48.5 Å². The maximum absolute atomic E-state index is 13.1. The Balaban J connectivity index is 1.20. The number of likely N-dealkylation sites (tertiary alicyclic amines) is 1. The molecule has 2 saturated heterocycles. The van der Waals surface area contributed by atoms with Crippen molar-refractivity contribution in [1.29, 1.82) is 0 Å². The lowest BCUT2D eigenvalue weighted by molar-refractivity contribution is -0.139. The highest BCUT2D eigenvalue weighted by Crippen LogP contribution is 2.37. The smallest absolute Gasteiger partial charge is 0.344 e. The van der Waals surface area contributed by atoms with Gasteiger partial charge in [0.05, 0.1) is 19.8 Å². The Morgan fingerprint density at radius 1 is 1.08 bits per heavy atom. The molecule has 36 heavy (non-hydrogen) atoms. The van der Waals surface area contributed by atoms with Gasteiger partial charge in [-0.05, 0) is 62.4 Å². The number of aryl methyl sites for hydroxylation is 1. The van der Waals surface area contributed by atoms with E-state index in [1.165, 1.54) is 0 Å². The van der Waals surface area contributed by atoms with Gasteiger partial charge in [0.2, 0.25) is 0 Å². The van der Waals surface area contributed by atoms with Crippen LogP contribution in [0.5, 0.6) is 11.5 Å². The summed E-state index contributed by atoms with van der Waals surface area (Å²) in [6.45, 7) is 3.78. The molecule has 0 saturated carbocycles. The Labute approximate surface area is 210 Å². The number of nitrogens with zero attached hydrogens (tertiary/aromatic N) is 2. The van der Waals surface area contributed by atoms with Crippen LogP contribution in [-0.4, -0.2) is 59.6 Å². The first-order chi connectivity index (χ1) is 17.4. The highest BCUT2D eigenvalue weighted by molar-refractivity contribution is 6.07. The predicted octanol–water partition coefficient (Wildman–Crippen LogP) is 2.96. The van der Waals surface area contributed by atoms with Crippen molar-refractivity contribution in [3.63, 3.8) is 0 Å². The van der Waals surface area contributed by atoms with Crippen LogP contribution >= 0.6 is 0 Å². The quantitative estimate of drug-likeness (QED) is 0.577. The second-order valence-corrected chi connectivity index (χ2v) is 9.81. The molecular formula is C27H32N4O5. The Morgan fingerprint density at radius 2 is 1.86 bits per heavy atom. The van der Waals surface area contributed by atoms with E-state index >= 15 is 0 Å². The van der Waals surface area contributed by atoms with Crippen molar-refractivity contribution in [3.8, 4) is 11.5 Å². The van der Waals surface area contributed by atoms with Crippen LogP contribution in [0.1, 0.15) is 49.8 Å². The molecule has 0 spiro atoms. The van der Waals surface area contributed by atoms with E-state index in [9.17, 15) is 14.4 Å². The lowest BCUT2D eigenvalue weighted by atomic mass is 9.93. The first kappa shape index (κ1) is 24.1. The predicted molar refractivity (Wildman–Crippen MR) is 132 cm³/mol. The number of amides is 4. The van der Waals surface area contributed by atoms with E-state index < -0.39 is 23.4 Å². The second-order valence-electron chi connectivity index (χ2n) is 9.81.